The first-order valence-corrected chi connectivity index (χ1v) is 13.6. The third-order valence-electron chi connectivity index (χ3n) is 6.38. The van der Waals surface area contributed by atoms with Gasteiger partial charge in [0.1, 0.15) is 30.6 Å². The normalized spacial score (nSPS) is 12.3. The lowest BCUT2D eigenvalue weighted by Crippen LogP contribution is -2.43. The van der Waals surface area contributed by atoms with Gasteiger partial charge in [-0.05, 0) is 54.4 Å². The molecule has 0 saturated carbocycles. The van der Waals surface area contributed by atoms with E-state index in [1.165, 1.54) is 18.1 Å². The van der Waals surface area contributed by atoms with E-state index in [0.717, 1.165) is 11.1 Å². The topological polar surface area (TPSA) is 122 Å². The molecule has 0 aliphatic carbocycles. The lowest BCUT2D eigenvalue weighted by molar-refractivity contribution is -0.112. The number of anilines is 1. The standard InChI is InChI=1S/C17H16FNO3.C14H22F2N4O2/c1-12-7-8-14(9-15(12)18)16(10-20)19-17(21)22-11-13-5-3-2-4-6-13;1-17-13-6-11(4-5-19-13)12(7-22-3)20(2)9-14(15,16)8-18-10-21/h2-10,16H,11H2,1H3,(H,19,21);4-6,10,12H,7-9H2,1-3H3,(H,17,19)(H,18,21). The summed E-state index contributed by atoms with van der Waals surface area (Å²) in [4.78, 5) is 38.6. The summed E-state index contributed by atoms with van der Waals surface area (Å²) < 4.78 is 51.3. The number of nitrogens with zero attached hydrogens (tertiary/aromatic N) is 2. The van der Waals surface area contributed by atoms with Crippen LogP contribution in [0.5, 0.6) is 0 Å². The predicted octanol–water partition coefficient (Wildman–Crippen LogP) is 4.42. The van der Waals surface area contributed by atoms with Crippen molar-refractivity contribution < 1.29 is 37.0 Å². The van der Waals surface area contributed by atoms with Crippen molar-refractivity contribution in [3.8, 4) is 0 Å². The molecule has 2 unspecified atom stereocenters. The fourth-order valence-corrected chi connectivity index (χ4v) is 4.04. The van der Waals surface area contributed by atoms with Crippen LogP contribution in [0, 0.1) is 12.7 Å². The van der Waals surface area contributed by atoms with Crippen molar-refractivity contribution in [2.45, 2.75) is 31.5 Å². The van der Waals surface area contributed by atoms with Gasteiger partial charge in [-0.3, -0.25) is 9.69 Å². The quantitative estimate of drug-likeness (QED) is 0.214. The molecule has 2 amide bonds. The maximum atomic E-state index is 13.8. The molecule has 2 aromatic carbocycles. The predicted molar refractivity (Wildman–Crippen MR) is 160 cm³/mol. The average molecular weight is 618 g/mol. The number of alkyl carbamates (subject to hydrolysis) is 1. The highest BCUT2D eigenvalue weighted by Crippen LogP contribution is 2.25. The largest absolute Gasteiger partial charge is 0.445 e. The zero-order valence-electron chi connectivity index (χ0n) is 25.1. The van der Waals surface area contributed by atoms with E-state index in [-0.39, 0.29) is 25.7 Å². The van der Waals surface area contributed by atoms with Crippen LogP contribution in [0.3, 0.4) is 0 Å². The van der Waals surface area contributed by atoms with Crippen molar-refractivity contribution >= 4 is 24.6 Å². The maximum absolute atomic E-state index is 13.8. The van der Waals surface area contributed by atoms with Crippen molar-refractivity contribution in [2.75, 3.05) is 46.2 Å². The fourth-order valence-electron chi connectivity index (χ4n) is 4.04. The smallest absolute Gasteiger partial charge is 0.408 e. The van der Waals surface area contributed by atoms with Crippen LogP contribution in [0.1, 0.15) is 34.3 Å². The molecule has 10 nitrogen and oxygen atoms in total. The highest BCUT2D eigenvalue weighted by atomic mass is 19.3. The van der Waals surface area contributed by atoms with Gasteiger partial charge in [0.15, 0.2) is 0 Å². The van der Waals surface area contributed by atoms with E-state index in [0.29, 0.717) is 23.2 Å². The van der Waals surface area contributed by atoms with Gasteiger partial charge in [0.2, 0.25) is 6.41 Å². The van der Waals surface area contributed by atoms with Crippen LogP contribution in [-0.2, 0) is 25.7 Å². The summed E-state index contributed by atoms with van der Waals surface area (Å²) in [6.07, 6.45) is 1.68. The van der Waals surface area contributed by atoms with Crippen LogP contribution in [0.4, 0.5) is 23.8 Å². The molecule has 0 radical (unpaired) electrons. The zero-order chi connectivity index (χ0) is 32.5. The van der Waals surface area contributed by atoms with E-state index in [4.69, 9.17) is 9.47 Å². The number of hydrogen-bond donors (Lipinski definition) is 3. The molecule has 0 spiro atoms. The average Bonchev–Trinajstić information content (AvgIpc) is 3.02. The maximum Gasteiger partial charge on any atom is 0.408 e. The number of alkyl halides is 2. The third kappa shape index (κ3) is 12.0. The lowest BCUT2D eigenvalue weighted by atomic mass is 10.1. The first-order valence-electron chi connectivity index (χ1n) is 13.6. The molecule has 3 aromatic rings. The third-order valence-corrected chi connectivity index (χ3v) is 6.38. The molecule has 0 fully saturated rings. The van der Waals surface area contributed by atoms with E-state index >= 15 is 0 Å². The number of likely N-dealkylation sites (N-methyl/N-ethyl adjacent to an activating group) is 1. The number of halogens is 3. The van der Waals surface area contributed by atoms with Crippen LogP contribution < -0.4 is 16.0 Å². The zero-order valence-corrected chi connectivity index (χ0v) is 25.1. The van der Waals surface area contributed by atoms with E-state index in [1.807, 2.05) is 35.6 Å². The highest BCUT2D eigenvalue weighted by molar-refractivity contribution is 5.74. The van der Waals surface area contributed by atoms with E-state index in [9.17, 15) is 27.6 Å². The number of amides is 2. The molecule has 44 heavy (non-hydrogen) atoms. The number of carbonyl (C=O) groups excluding carboxylic acids is 3. The highest BCUT2D eigenvalue weighted by Gasteiger charge is 2.33. The number of benzene rings is 2. The molecule has 1 heterocycles. The van der Waals surface area contributed by atoms with Gasteiger partial charge >= 0.3 is 6.09 Å². The summed E-state index contributed by atoms with van der Waals surface area (Å²) >= 11 is 0. The Hall–Kier alpha value is -4.49. The summed E-state index contributed by atoms with van der Waals surface area (Å²) in [6.45, 7) is 0.787. The van der Waals surface area contributed by atoms with Gasteiger partial charge in [-0.25, -0.2) is 22.9 Å². The number of rotatable bonds is 15. The van der Waals surface area contributed by atoms with Crippen LogP contribution in [0.15, 0.2) is 66.9 Å². The number of ether oxygens (including phenoxy) is 2. The Labute approximate surface area is 254 Å². The summed E-state index contributed by atoms with van der Waals surface area (Å²) in [5.74, 6) is -2.80. The minimum absolute atomic E-state index is 0.0977. The van der Waals surface area contributed by atoms with E-state index < -0.39 is 37.0 Å². The van der Waals surface area contributed by atoms with Crippen molar-refractivity contribution in [3.63, 3.8) is 0 Å². The first kappa shape index (κ1) is 35.7. The number of aldehydes is 1. The molecule has 3 rings (SSSR count). The molecule has 13 heteroatoms. The number of carbonyl (C=O) groups is 3. The number of hydrogen-bond acceptors (Lipinski definition) is 8. The molecule has 0 saturated heterocycles. The summed E-state index contributed by atoms with van der Waals surface area (Å²) in [5.41, 5.74) is 2.50. The molecule has 0 bridgehead atoms. The second-order valence-corrected chi connectivity index (χ2v) is 9.79. The van der Waals surface area contributed by atoms with Crippen molar-refractivity contribution in [1.29, 1.82) is 0 Å². The van der Waals surface area contributed by atoms with Crippen LogP contribution in [0.25, 0.3) is 0 Å². The Bertz CT molecular complexity index is 1330. The fraction of sp³-hybridized carbons (Fsp3) is 0.355. The van der Waals surface area contributed by atoms with Gasteiger partial charge in [-0.2, -0.15) is 0 Å². The number of aryl methyl sites for hydroxylation is 1. The van der Waals surface area contributed by atoms with Crippen LogP contribution in [0.2, 0.25) is 0 Å². The van der Waals surface area contributed by atoms with Crippen molar-refractivity contribution in [1.82, 2.24) is 20.5 Å². The summed E-state index contributed by atoms with van der Waals surface area (Å²) in [6, 6.07) is 15.8. The number of nitrogens with one attached hydrogen (secondary N) is 3. The molecule has 2 atom stereocenters. The van der Waals surface area contributed by atoms with Gasteiger partial charge in [0.05, 0.1) is 25.7 Å². The van der Waals surface area contributed by atoms with Gasteiger partial charge < -0.3 is 30.2 Å². The minimum Gasteiger partial charge on any atom is -0.445 e. The Morgan fingerprint density at radius 2 is 1.82 bits per heavy atom. The lowest BCUT2D eigenvalue weighted by Gasteiger charge is -2.31. The van der Waals surface area contributed by atoms with Gasteiger partial charge in [-0.15, -0.1) is 0 Å². The number of methoxy groups -OCH3 is 1. The molecule has 238 valence electrons. The second kappa shape index (κ2) is 18.2. The molecule has 3 N–H and O–H groups in total. The number of pyridine rings is 1. The van der Waals surface area contributed by atoms with Gasteiger partial charge in [0, 0.05) is 20.4 Å². The van der Waals surface area contributed by atoms with Crippen molar-refractivity contribution in [2.24, 2.45) is 0 Å². The molecular weight excluding hydrogens is 579 g/mol. The molecular formula is C31H38F3N5O5. The summed E-state index contributed by atoms with van der Waals surface area (Å²) in [7, 11) is 4.85. The van der Waals surface area contributed by atoms with Crippen LogP contribution in [-0.4, -0.2) is 75.5 Å². The monoisotopic (exact) mass is 617 g/mol. The Morgan fingerprint density at radius 3 is 2.43 bits per heavy atom. The second-order valence-electron chi connectivity index (χ2n) is 9.79. The van der Waals surface area contributed by atoms with E-state index in [2.05, 4.69) is 15.6 Å². The Kier molecular flexibility index (Phi) is 14.8. The van der Waals surface area contributed by atoms with Crippen LogP contribution >= 0.6 is 0 Å². The minimum atomic E-state index is -3.03. The summed E-state index contributed by atoms with van der Waals surface area (Å²) in [5, 5.41) is 7.33. The van der Waals surface area contributed by atoms with Gasteiger partial charge in [-0.1, -0.05) is 42.5 Å². The molecule has 0 aliphatic heterocycles. The molecule has 1 aromatic heterocycles. The van der Waals surface area contributed by atoms with Gasteiger partial charge in [0.25, 0.3) is 5.92 Å². The Morgan fingerprint density at radius 1 is 1.09 bits per heavy atom. The van der Waals surface area contributed by atoms with Crippen molar-refractivity contribution in [3.05, 3.63) is 94.9 Å². The SMILES string of the molecule is CNc1cc(C(COC)N(C)CC(F)(F)CNC=O)ccn1.Cc1ccc(C(C=O)NC(=O)OCc2ccccc2)cc1F. The Balaban J connectivity index is 0.000000307. The van der Waals surface area contributed by atoms with E-state index in [1.54, 1.807) is 51.5 Å². The molecule has 0 aliphatic rings. The number of aromatic nitrogens is 1. The first-order chi connectivity index (χ1) is 21.0.